The smallest absolute Gasteiger partial charge is 0.211 e. The molecule has 102 valence electrons. The Kier molecular flexibility index (Phi) is 6.32. The number of hydrogen-bond donors (Lipinski definition) is 2. The van der Waals surface area contributed by atoms with Gasteiger partial charge in [0.25, 0.3) is 0 Å². The maximum Gasteiger partial charge on any atom is 0.211 e. The minimum absolute atomic E-state index is 0.150. The highest BCUT2D eigenvalue weighted by Gasteiger charge is 2.08. The highest BCUT2D eigenvalue weighted by molar-refractivity contribution is 7.89. The first-order valence-corrected chi connectivity index (χ1v) is 7.98. The monoisotopic (exact) mass is 270 g/mol. The van der Waals surface area contributed by atoms with E-state index in [1.165, 1.54) is 5.56 Å². The van der Waals surface area contributed by atoms with E-state index in [-0.39, 0.29) is 5.75 Å². The lowest BCUT2D eigenvalue weighted by molar-refractivity contribution is 0.577. The molecule has 0 fully saturated rings. The maximum atomic E-state index is 11.6. The van der Waals surface area contributed by atoms with Gasteiger partial charge in [-0.25, -0.2) is 13.1 Å². The molecule has 0 spiro atoms. The van der Waals surface area contributed by atoms with Crippen LogP contribution in [0.15, 0.2) is 24.3 Å². The summed E-state index contributed by atoms with van der Waals surface area (Å²) in [6, 6.07) is 7.97. The molecule has 0 saturated carbocycles. The topological polar surface area (TPSA) is 72.2 Å². The van der Waals surface area contributed by atoms with Crippen LogP contribution in [-0.4, -0.2) is 20.7 Å². The van der Waals surface area contributed by atoms with Gasteiger partial charge in [-0.2, -0.15) is 0 Å². The average Bonchev–Trinajstić information content (AvgIpc) is 2.37. The molecule has 18 heavy (non-hydrogen) atoms. The summed E-state index contributed by atoms with van der Waals surface area (Å²) in [5.74, 6) is 0.150. The van der Waals surface area contributed by atoms with Crippen molar-refractivity contribution in [1.29, 1.82) is 0 Å². The molecule has 0 aliphatic rings. The Morgan fingerprint density at radius 2 is 1.72 bits per heavy atom. The molecular weight excluding hydrogens is 248 g/mol. The molecule has 0 amide bonds. The molecule has 3 N–H and O–H groups in total. The van der Waals surface area contributed by atoms with Gasteiger partial charge in [-0.1, -0.05) is 31.2 Å². The van der Waals surface area contributed by atoms with Gasteiger partial charge in [-0.05, 0) is 36.9 Å². The first-order valence-electron chi connectivity index (χ1n) is 6.32. The number of unbranched alkanes of at least 4 members (excludes halogenated alkanes) is 1. The fraction of sp³-hybridized carbons (Fsp3) is 0.538. The fourth-order valence-corrected chi connectivity index (χ4v) is 2.71. The Labute approximate surface area is 110 Å². The first-order chi connectivity index (χ1) is 8.57. The molecule has 0 radical (unpaired) electrons. The van der Waals surface area contributed by atoms with E-state index in [1.807, 2.05) is 24.3 Å². The van der Waals surface area contributed by atoms with Crippen molar-refractivity contribution >= 4 is 10.0 Å². The molecule has 0 unspecified atom stereocenters. The zero-order valence-electron chi connectivity index (χ0n) is 10.9. The lowest BCUT2D eigenvalue weighted by atomic mass is 10.1. The fourth-order valence-electron chi connectivity index (χ4n) is 1.59. The maximum absolute atomic E-state index is 11.6. The molecule has 1 rings (SSSR count). The van der Waals surface area contributed by atoms with Crippen LogP contribution in [0.4, 0.5) is 0 Å². The number of aryl methyl sites for hydroxylation is 1. The van der Waals surface area contributed by atoms with E-state index in [0.717, 1.165) is 18.4 Å². The number of sulfonamides is 1. The third kappa shape index (κ3) is 5.62. The van der Waals surface area contributed by atoms with Crippen molar-refractivity contribution in [2.24, 2.45) is 5.73 Å². The number of nitrogens with one attached hydrogen (secondary N) is 1. The second-order valence-corrected chi connectivity index (χ2v) is 6.23. The van der Waals surface area contributed by atoms with Gasteiger partial charge in [0, 0.05) is 6.54 Å². The Morgan fingerprint density at radius 3 is 2.28 bits per heavy atom. The molecular formula is C13H22N2O2S. The van der Waals surface area contributed by atoms with E-state index in [9.17, 15) is 8.42 Å². The molecule has 0 saturated heterocycles. The molecule has 0 bridgehead atoms. The van der Waals surface area contributed by atoms with Crippen molar-refractivity contribution in [3.8, 4) is 0 Å². The van der Waals surface area contributed by atoms with Gasteiger partial charge in [-0.15, -0.1) is 0 Å². The third-order valence-electron chi connectivity index (χ3n) is 2.79. The van der Waals surface area contributed by atoms with E-state index >= 15 is 0 Å². The van der Waals surface area contributed by atoms with Crippen LogP contribution in [0, 0.1) is 0 Å². The van der Waals surface area contributed by atoms with E-state index in [2.05, 4.69) is 11.6 Å². The second-order valence-electron chi connectivity index (χ2n) is 4.31. The van der Waals surface area contributed by atoms with Crippen LogP contribution in [0.25, 0.3) is 0 Å². The Morgan fingerprint density at radius 1 is 1.11 bits per heavy atom. The van der Waals surface area contributed by atoms with Crippen molar-refractivity contribution in [2.45, 2.75) is 32.7 Å². The van der Waals surface area contributed by atoms with Gasteiger partial charge in [0.2, 0.25) is 10.0 Å². The van der Waals surface area contributed by atoms with Crippen molar-refractivity contribution in [3.05, 3.63) is 35.4 Å². The number of nitrogens with two attached hydrogens (primary N) is 1. The molecule has 0 atom stereocenters. The summed E-state index contributed by atoms with van der Waals surface area (Å²) in [7, 11) is -3.17. The van der Waals surface area contributed by atoms with Gasteiger partial charge in [0.1, 0.15) is 0 Å². The van der Waals surface area contributed by atoms with Crippen molar-refractivity contribution in [1.82, 2.24) is 4.72 Å². The zero-order chi connectivity index (χ0) is 13.4. The van der Waals surface area contributed by atoms with Crippen molar-refractivity contribution < 1.29 is 8.42 Å². The number of hydrogen-bond acceptors (Lipinski definition) is 3. The highest BCUT2D eigenvalue weighted by Crippen LogP contribution is 2.05. The largest absolute Gasteiger partial charge is 0.330 e. The Balaban J connectivity index is 2.43. The van der Waals surface area contributed by atoms with Gasteiger partial charge < -0.3 is 5.73 Å². The Hall–Kier alpha value is -0.910. The zero-order valence-corrected chi connectivity index (χ0v) is 11.7. The van der Waals surface area contributed by atoms with Crippen molar-refractivity contribution in [2.75, 3.05) is 12.3 Å². The van der Waals surface area contributed by atoms with Gasteiger partial charge in [-0.3, -0.25) is 0 Å². The van der Waals surface area contributed by atoms with Crippen LogP contribution >= 0.6 is 0 Å². The average molecular weight is 270 g/mol. The summed E-state index contributed by atoms with van der Waals surface area (Å²) < 4.78 is 25.9. The quantitative estimate of drug-likeness (QED) is 0.701. The number of benzene rings is 1. The van der Waals surface area contributed by atoms with Gasteiger partial charge in [0.05, 0.1) is 5.75 Å². The molecule has 1 aromatic carbocycles. The molecule has 0 aliphatic carbocycles. The van der Waals surface area contributed by atoms with Crippen LogP contribution < -0.4 is 10.5 Å². The molecule has 0 aromatic heterocycles. The molecule has 5 heteroatoms. The summed E-state index contributed by atoms with van der Waals surface area (Å²) in [5.41, 5.74) is 7.57. The summed E-state index contributed by atoms with van der Waals surface area (Å²) in [4.78, 5) is 0. The highest BCUT2D eigenvalue weighted by atomic mass is 32.2. The minimum atomic E-state index is -3.17. The SMILES string of the molecule is CCc1ccc(CNS(=O)(=O)CCCCN)cc1. The molecule has 0 aliphatic heterocycles. The standard InChI is InChI=1S/C13H22N2O2S/c1-2-12-5-7-13(8-6-12)11-15-18(16,17)10-4-3-9-14/h5-8,15H,2-4,9-11,14H2,1H3. The summed E-state index contributed by atoms with van der Waals surface area (Å²) in [6.07, 6.45) is 2.35. The molecule has 0 heterocycles. The lowest BCUT2D eigenvalue weighted by Crippen LogP contribution is -2.26. The summed E-state index contributed by atoms with van der Waals surface area (Å²) in [5, 5.41) is 0. The van der Waals surface area contributed by atoms with Crippen LogP contribution in [0.1, 0.15) is 30.9 Å². The van der Waals surface area contributed by atoms with Gasteiger partial charge >= 0.3 is 0 Å². The number of rotatable bonds is 8. The van der Waals surface area contributed by atoms with Crippen LogP contribution in [0.2, 0.25) is 0 Å². The third-order valence-corrected chi connectivity index (χ3v) is 4.20. The van der Waals surface area contributed by atoms with Gasteiger partial charge in [0.15, 0.2) is 0 Å². The second kappa shape index (κ2) is 7.51. The minimum Gasteiger partial charge on any atom is -0.330 e. The Bertz CT molecular complexity index is 441. The van der Waals surface area contributed by atoms with E-state index in [0.29, 0.717) is 19.5 Å². The van der Waals surface area contributed by atoms with Crippen LogP contribution in [-0.2, 0) is 23.0 Å². The van der Waals surface area contributed by atoms with Crippen molar-refractivity contribution in [3.63, 3.8) is 0 Å². The first kappa shape index (κ1) is 15.1. The lowest BCUT2D eigenvalue weighted by Gasteiger charge is -2.07. The molecule has 4 nitrogen and oxygen atoms in total. The van der Waals surface area contributed by atoms with Crippen LogP contribution in [0.5, 0.6) is 0 Å². The van der Waals surface area contributed by atoms with E-state index in [4.69, 9.17) is 5.73 Å². The van der Waals surface area contributed by atoms with E-state index < -0.39 is 10.0 Å². The van der Waals surface area contributed by atoms with Crippen LogP contribution in [0.3, 0.4) is 0 Å². The normalized spacial score (nSPS) is 11.7. The summed E-state index contributed by atoms with van der Waals surface area (Å²) >= 11 is 0. The predicted molar refractivity (Wildman–Crippen MR) is 74.7 cm³/mol. The van der Waals surface area contributed by atoms with E-state index in [1.54, 1.807) is 0 Å². The molecule has 1 aromatic rings. The summed E-state index contributed by atoms with van der Waals surface area (Å²) in [6.45, 7) is 2.98. The predicted octanol–water partition coefficient (Wildman–Crippen LogP) is 1.41.